The van der Waals surface area contributed by atoms with Gasteiger partial charge in [-0.05, 0) is 37.3 Å². The maximum Gasteiger partial charge on any atom is 0.265 e. The third-order valence-corrected chi connectivity index (χ3v) is 5.04. The molecule has 28 heavy (non-hydrogen) atoms. The van der Waals surface area contributed by atoms with Crippen molar-refractivity contribution in [2.75, 3.05) is 23.4 Å². The Kier molecular flexibility index (Phi) is 4.79. The van der Waals surface area contributed by atoms with Crippen LogP contribution >= 0.6 is 11.3 Å². The van der Waals surface area contributed by atoms with Gasteiger partial charge in [-0.1, -0.05) is 12.1 Å². The first-order chi connectivity index (χ1) is 13.5. The number of rotatable bonds is 4. The number of anilines is 2. The largest absolute Gasteiger partial charge is 0.482 e. The van der Waals surface area contributed by atoms with Gasteiger partial charge in [0.25, 0.3) is 5.91 Å². The summed E-state index contributed by atoms with van der Waals surface area (Å²) in [4.78, 5) is 30.6. The molecule has 2 aromatic carbocycles. The van der Waals surface area contributed by atoms with Gasteiger partial charge in [0.2, 0.25) is 5.91 Å². The second-order valence-corrected chi connectivity index (χ2v) is 7.29. The molecule has 0 spiro atoms. The van der Waals surface area contributed by atoms with E-state index in [9.17, 15) is 14.0 Å². The van der Waals surface area contributed by atoms with Crippen LogP contribution in [-0.2, 0) is 9.59 Å². The molecule has 1 N–H and O–H groups in total. The Bertz CT molecular complexity index is 1070. The van der Waals surface area contributed by atoms with Crippen LogP contribution in [0.5, 0.6) is 5.75 Å². The highest BCUT2D eigenvalue weighted by molar-refractivity contribution is 7.09. The Labute approximate surface area is 164 Å². The molecule has 142 valence electrons. The van der Waals surface area contributed by atoms with Crippen LogP contribution in [0.1, 0.15) is 5.01 Å². The monoisotopic (exact) mass is 397 g/mol. The average Bonchev–Trinajstić information content (AvgIpc) is 3.12. The summed E-state index contributed by atoms with van der Waals surface area (Å²) in [7, 11) is 0. The standard InChI is InChI=1S/C20H16FN3O3S/c1-12-22-16(11-28-12)13-6-7-18-17(8-13)24(20(26)10-27-18)9-19(25)23-15-5-3-2-4-14(15)21/h2-8,11H,9-10H2,1H3,(H,23,25). The van der Waals surface area contributed by atoms with Gasteiger partial charge in [-0.2, -0.15) is 0 Å². The van der Waals surface area contributed by atoms with E-state index in [-0.39, 0.29) is 24.7 Å². The maximum absolute atomic E-state index is 13.8. The first-order valence-electron chi connectivity index (χ1n) is 8.55. The van der Waals surface area contributed by atoms with Crippen LogP contribution in [0.2, 0.25) is 0 Å². The molecule has 2 amide bonds. The number of aromatic nitrogens is 1. The van der Waals surface area contributed by atoms with Gasteiger partial charge in [0.05, 0.1) is 22.1 Å². The first kappa shape index (κ1) is 18.1. The van der Waals surface area contributed by atoms with E-state index in [0.29, 0.717) is 11.4 Å². The minimum absolute atomic E-state index is 0.0696. The van der Waals surface area contributed by atoms with Crippen molar-refractivity contribution >= 4 is 34.5 Å². The lowest BCUT2D eigenvalue weighted by Gasteiger charge is -2.29. The van der Waals surface area contributed by atoms with E-state index in [1.54, 1.807) is 18.2 Å². The Morgan fingerprint density at radius 3 is 2.89 bits per heavy atom. The number of halogens is 1. The molecule has 0 saturated heterocycles. The van der Waals surface area contributed by atoms with Crippen molar-refractivity contribution in [3.63, 3.8) is 0 Å². The molecule has 4 rings (SSSR count). The normalized spacial score (nSPS) is 13.1. The summed E-state index contributed by atoms with van der Waals surface area (Å²) in [6, 6.07) is 11.3. The molecule has 2 heterocycles. The summed E-state index contributed by atoms with van der Waals surface area (Å²) in [5, 5.41) is 5.36. The predicted molar refractivity (Wildman–Crippen MR) is 105 cm³/mol. The van der Waals surface area contributed by atoms with Gasteiger partial charge in [0.15, 0.2) is 6.61 Å². The van der Waals surface area contributed by atoms with Crippen LogP contribution in [0.4, 0.5) is 15.8 Å². The van der Waals surface area contributed by atoms with Crippen LogP contribution in [-0.4, -0.2) is 29.9 Å². The number of para-hydroxylation sites is 1. The molecule has 0 unspecified atom stereocenters. The molecule has 0 aliphatic carbocycles. The summed E-state index contributed by atoms with van der Waals surface area (Å²) < 4.78 is 19.2. The Hall–Kier alpha value is -3.26. The number of thiazole rings is 1. The van der Waals surface area contributed by atoms with Crippen LogP contribution in [0.15, 0.2) is 47.8 Å². The van der Waals surface area contributed by atoms with Crippen molar-refractivity contribution in [3.8, 4) is 17.0 Å². The molecule has 1 aliphatic heterocycles. The van der Waals surface area contributed by atoms with Gasteiger partial charge in [-0.25, -0.2) is 9.37 Å². The zero-order valence-electron chi connectivity index (χ0n) is 14.9. The van der Waals surface area contributed by atoms with E-state index < -0.39 is 11.7 Å². The van der Waals surface area contributed by atoms with E-state index in [4.69, 9.17) is 4.74 Å². The van der Waals surface area contributed by atoms with E-state index in [0.717, 1.165) is 16.3 Å². The lowest BCUT2D eigenvalue weighted by atomic mass is 10.1. The van der Waals surface area contributed by atoms with E-state index in [2.05, 4.69) is 10.3 Å². The molecule has 0 fully saturated rings. The van der Waals surface area contributed by atoms with Crippen LogP contribution in [0, 0.1) is 12.7 Å². The van der Waals surface area contributed by atoms with E-state index in [1.807, 2.05) is 18.4 Å². The Balaban J connectivity index is 1.60. The van der Waals surface area contributed by atoms with Gasteiger partial charge in [0.1, 0.15) is 18.1 Å². The highest BCUT2D eigenvalue weighted by Crippen LogP contribution is 2.36. The number of aryl methyl sites for hydroxylation is 1. The summed E-state index contributed by atoms with van der Waals surface area (Å²) in [6.45, 7) is 1.51. The number of nitrogens with zero attached hydrogens (tertiary/aromatic N) is 2. The average molecular weight is 397 g/mol. The predicted octanol–water partition coefficient (Wildman–Crippen LogP) is 3.62. The number of carbonyl (C=O) groups is 2. The van der Waals surface area contributed by atoms with Crippen LogP contribution in [0.25, 0.3) is 11.3 Å². The topological polar surface area (TPSA) is 71.5 Å². The minimum Gasteiger partial charge on any atom is -0.482 e. The van der Waals surface area contributed by atoms with Crippen molar-refractivity contribution < 1.29 is 18.7 Å². The molecular formula is C20H16FN3O3S. The highest BCUT2D eigenvalue weighted by Gasteiger charge is 2.28. The lowest BCUT2D eigenvalue weighted by Crippen LogP contribution is -2.43. The summed E-state index contributed by atoms with van der Waals surface area (Å²) >= 11 is 1.53. The van der Waals surface area contributed by atoms with Gasteiger partial charge in [0, 0.05) is 10.9 Å². The van der Waals surface area contributed by atoms with Gasteiger partial charge in [-0.3, -0.25) is 14.5 Å². The van der Waals surface area contributed by atoms with Crippen molar-refractivity contribution in [1.82, 2.24) is 4.98 Å². The summed E-state index contributed by atoms with van der Waals surface area (Å²) in [5.41, 5.74) is 2.17. The quantitative estimate of drug-likeness (QED) is 0.730. The van der Waals surface area contributed by atoms with E-state index >= 15 is 0 Å². The van der Waals surface area contributed by atoms with Crippen molar-refractivity contribution in [2.24, 2.45) is 0 Å². The number of ether oxygens (including phenoxy) is 1. The smallest absolute Gasteiger partial charge is 0.265 e. The number of amides is 2. The molecular weight excluding hydrogens is 381 g/mol. The van der Waals surface area contributed by atoms with Gasteiger partial charge < -0.3 is 10.1 Å². The molecule has 1 aliphatic rings. The molecule has 3 aromatic rings. The van der Waals surface area contributed by atoms with Crippen LogP contribution in [0.3, 0.4) is 0 Å². The summed E-state index contributed by atoms with van der Waals surface area (Å²) in [5.74, 6) is -0.872. The van der Waals surface area contributed by atoms with E-state index in [1.165, 1.54) is 34.4 Å². The Morgan fingerprint density at radius 1 is 1.32 bits per heavy atom. The maximum atomic E-state index is 13.8. The van der Waals surface area contributed by atoms with Crippen molar-refractivity contribution in [1.29, 1.82) is 0 Å². The highest BCUT2D eigenvalue weighted by atomic mass is 32.1. The second kappa shape index (κ2) is 7.40. The number of hydrogen-bond acceptors (Lipinski definition) is 5. The first-order valence-corrected chi connectivity index (χ1v) is 9.43. The van der Waals surface area contributed by atoms with Crippen molar-refractivity contribution in [2.45, 2.75) is 6.92 Å². The number of hydrogen-bond donors (Lipinski definition) is 1. The zero-order chi connectivity index (χ0) is 19.7. The second-order valence-electron chi connectivity index (χ2n) is 6.23. The zero-order valence-corrected chi connectivity index (χ0v) is 15.8. The third-order valence-electron chi connectivity index (χ3n) is 4.27. The minimum atomic E-state index is -0.536. The van der Waals surface area contributed by atoms with Gasteiger partial charge >= 0.3 is 0 Å². The van der Waals surface area contributed by atoms with Crippen LogP contribution < -0.4 is 15.0 Å². The number of fused-ring (bicyclic) bond motifs is 1. The lowest BCUT2D eigenvalue weighted by molar-refractivity contribution is -0.123. The number of nitrogens with one attached hydrogen (secondary N) is 1. The molecule has 0 bridgehead atoms. The number of benzene rings is 2. The van der Waals surface area contributed by atoms with Crippen molar-refractivity contribution in [3.05, 3.63) is 58.7 Å². The fourth-order valence-electron chi connectivity index (χ4n) is 2.93. The molecule has 0 saturated carbocycles. The third kappa shape index (κ3) is 3.59. The Morgan fingerprint density at radius 2 is 2.14 bits per heavy atom. The molecule has 6 nitrogen and oxygen atoms in total. The molecule has 8 heteroatoms. The summed E-state index contributed by atoms with van der Waals surface area (Å²) in [6.07, 6.45) is 0. The fourth-order valence-corrected chi connectivity index (χ4v) is 3.55. The fraction of sp³-hybridized carbons (Fsp3) is 0.150. The number of carbonyl (C=O) groups excluding carboxylic acids is 2. The molecule has 1 aromatic heterocycles. The molecule has 0 radical (unpaired) electrons. The molecule has 0 atom stereocenters. The SMILES string of the molecule is Cc1nc(-c2ccc3c(c2)N(CC(=O)Nc2ccccc2F)C(=O)CO3)cs1. The van der Waals surface area contributed by atoms with Gasteiger partial charge in [-0.15, -0.1) is 11.3 Å².